The van der Waals surface area contributed by atoms with Crippen molar-refractivity contribution in [3.8, 4) is 0 Å². The number of fused-ring (bicyclic) bond motifs is 3. The van der Waals surface area contributed by atoms with Gasteiger partial charge in [-0.15, -0.1) is 0 Å². The summed E-state index contributed by atoms with van der Waals surface area (Å²) in [7, 11) is 0. The van der Waals surface area contributed by atoms with Crippen LogP contribution in [0.15, 0.2) is 23.8 Å². The number of carbonyl (C=O) groups excluding carboxylic acids is 3. The summed E-state index contributed by atoms with van der Waals surface area (Å²) in [6, 6.07) is 0. The number of hydrogen-bond donors (Lipinski definition) is 0. The topological polar surface area (TPSA) is 60.4 Å². The van der Waals surface area contributed by atoms with Gasteiger partial charge in [0.2, 0.25) is 5.24 Å². The summed E-state index contributed by atoms with van der Waals surface area (Å²) in [6.07, 6.45) is 4.28. The predicted molar refractivity (Wildman–Crippen MR) is 46.2 cm³/mol. The van der Waals surface area contributed by atoms with Gasteiger partial charge in [0.1, 0.15) is 0 Å². The highest BCUT2D eigenvalue weighted by Crippen LogP contribution is 2.37. The van der Waals surface area contributed by atoms with Crippen molar-refractivity contribution in [2.24, 2.45) is 5.41 Å². The first-order valence-electron chi connectivity index (χ1n) is 3.92. The molecule has 3 aliphatic rings. The fraction of sp³-hybridized carbons (Fsp3) is 0.222. The van der Waals surface area contributed by atoms with Gasteiger partial charge >= 0.3 is 11.9 Å². The Morgan fingerprint density at radius 2 is 2.21 bits per heavy atom. The minimum absolute atomic E-state index is 0.0890. The van der Waals surface area contributed by atoms with Crippen molar-refractivity contribution in [2.75, 3.05) is 0 Å². The van der Waals surface area contributed by atoms with Crippen molar-refractivity contribution in [1.29, 1.82) is 0 Å². The van der Waals surface area contributed by atoms with E-state index in [2.05, 4.69) is 4.74 Å². The molecule has 2 bridgehead atoms. The van der Waals surface area contributed by atoms with Crippen LogP contribution in [0.4, 0.5) is 0 Å². The van der Waals surface area contributed by atoms with Gasteiger partial charge in [-0.25, -0.2) is 4.79 Å². The lowest BCUT2D eigenvalue weighted by atomic mass is 9.82. The van der Waals surface area contributed by atoms with Gasteiger partial charge in [-0.1, -0.05) is 18.2 Å². The van der Waals surface area contributed by atoms with Crippen molar-refractivity contribution in [3.05, 3.63) is 23.8 Å². The second kappa shape index (κ2) is 2.78. The van der Waals surface area contributed by atoms with Gasteiger partial charge in [-0.3, -0.25) is 9.59 Å². The van der Waals surface area contributed by atoms with E-state index in [0.29, 0.717) is 0 Å². The number of esters is 2. The molecule has 1 atom stereocenters. The summed E-state index contributed by atoms with van der Waals surface area (Å²) in [5.74, 6) is -1.63. The van der Waals surface area contributed by atoms with Crippen LogP contribution < -0.4 is 0 Å². The van der Waals surface area contributed by atoms with E-state index in [4.69, 9.17) is 11.6 Å². The van der Waals surface area contributed by atoms with Crippen LogP contribution in [0.1, 0.15) is 6.42 Å². The number of hydrogen-bond acceptors (Lipinski definition) is 4. The quantitative estimate of drug-likeness (QED) is 0.365. The summed E-state index contributed by atoms with van der Waals surface area (Å²) in [5.41, 5.74) is -1.22. The van der Waals surface area contributed by atoms with Gasteiger partial charge in [-0.05, 0) is 18.0 Å². The Hall–Kier alpha value is -1.42. The molecule has 4 nitrogen and oxygen atoms in total. The number of rotatable bonds is 1. The van der Waals surface area contributed by atoms with Crippen LogP contribution in [0.25, 0.3) is 0 Å². The maximum Gasteiger partial charge on any atom is 0.345 e. The monoisotopic (exact) mass is 212 g/mol. The molecule has 2 heterocycles. The summed E-state index contributed by atoms with van der Waals surface area (Å²) in [4.78, 5) is 33.7. The lowest BCUT2D eigenvalue weighted by molar-refractivity contribution is -0.162. The highest BCUT2D eigenvalue weighted by atomic mass is 35.5. The zero-order chi connectivity index (χ0) is 10.3. The van der Waals surface area contributed by atoms with Crippen LogP contribution in [0.5, 0.6) is 0 Å². The minimum Gasteiger partial charge on any atom is -0.388 e. The van der Waals surface area contributed by atoms with E-state index < -0.39 is 22.6 Å². The first-order valence-corrected chi connectivity index (χ1v) is 4.30. The Morgan fingerprint density at radius 1 is 1.50 bits per heavy atom. The van der Waals surface area contributed by atoms with Crippen LogP contribution in [-0.2, 0) is 19.1 Å². The highest BCUT2D eigenvalue weighted by molar-refractivity contribution is 6.67. The number of allylic oxidation sites excluding steroid dienone is 1. The molecule has 0 saturated heterocycles. The first kappa shape index (κ1) is 9.15. The summed E-state index contributed by atoms with van der Waals surface area (Å²) >= 11 is 5.32. The van der Waals surface area contributed by atoms with Gasteiger partial charge < -0.3 is 4.74 Å². The Morgan fingerprint density at radius 3 is 2.71 bits per heavy atom. The summed E-state index contributed by atoms with van der Waals surface area (Å²) < 4.78 is 4.45. The van der Waals surface area contributed by atoms with Crippen molar-refractivity contribution in [1.82, 2.24) is 0 Å². The molecular formula is C9H5ClO4. The summed E-state index contributed by atoms with van der Waals surface area (Å²) in [6.45, 7) is 0. The lowest BCUT2D eigenvalue weighted by Crippen LogP contribution is -2.35. The van der Waals surface area contributed by atoms with Crippen molar-refractivity contribution >= 4 is 28.8 Å². The Balaban J connectivity index is 2.54. The van der Waals surface area contributed by atoms with Gasteiger partial charge in [-0.2, -0.15) is 0 Å². The molecule has 5 heteroatoms. The van der Waals surface area contributed by atoms with E-state index in [0.717, 1.165) is 0 Å². The smallest absolute Gasteiger partial charge is 0.345 e. The second-order valence-electron chi connectivity index (χ2n) is 3.12. The van der Waals surface area contributed by atoms with Crippen LogP contribution >= 0.6 is 11.6 Å². The third-order valence-corrected chi connectivity index (χ3v) is 2.66. The third kappa shape index (κ3) is 1.04. The van der Waals surface area contributed by atoms with Crippen LogP contribution in [0, 0.1) is 5.41 Å². The molecule has 2 aliphatic heterocycles. The molecule has 0 aromatic rings. The van der Waals surface area contributed by atoms with E-state index in [1.165, 1.54) is 18.2 Å². The molecule has 0 amide bonds. The fourth-order valence-corrected chi connectivity index (χ4v) is 1.62. The largest absolute Gasteiger partial charge is 0.388 e. The van der Waals surface area contributed by atoms with E-state index in [9.17, 15) is 14.4 Å². The molecule has 1 unspecified atom stereocenters. The fourth-order valence-electron chi connectivity index (χ4n) is 1.40. The molecule has 3 rings (SSSR count). The molecule has 14 heavy (non-hydrogen) atoms. The molecule has 1 aliphatic carbocycles. The molecule has 0 aromatic heterocycles. The molecule has 0 fully saturated rings. The Kier molecular flexibility index (Phi) is 1.82. The van der Waals surface area contributed by atoms with Crippen molar-refractivity contribution in [3.63, 3.8) is 0 Å². The molecular weight excluding hydrogens is 208 g/mol. The molecule has 72 valence electrons. The van der Waals surface area contributed by atoms with E-state index in [1.54, 1.807) is 0 Å². The Labute approximate surface area is 84.2 Å². The van der Waals surface area contributed by atoms with Crippen molar-refractivity contribution in [2.45, 2.75) is 6.42 Å². The van der Waals surface area contributed by atoms with E-state index >= 15 is 0 Å². The zero-order valence-corrected chi connectivity index (χ0v) is 7.71. The Bertz CT molecular complexity index is 407. The van der Waals surface area contributed by atoms with Gasteiger partial charge in [0.05, 0.1) is 5.57 Å². The molecule has 0 aromatic carbocycles. The normalized spacial score (nSPS) is 29.6. The standard InChI is InChI=1S/C9H5ClO4/c10-7(12)9-3-1-5(2-4-9)6(11)14-8(9)13/h1-3H,4H2. The number of halogens is 1. The molecule has 0 N–H and O–H groups in total. The SMILES string of the molecule is O=C1OC(=O)C2(C(=O)Cl)C=CC1=CC2. The maximum atomic E-state index is 11.4. The zero-order valence-electron chi connectivity index (χ0n) is 6.95. The van der Waals surface area contributed by atoms with Crippen molar-refractivity contribution < 1.29 is 19.1 Å². The van der Waals surface area contributed by atoms with Crippen LogP contribution in [0.3, 0.4) is 0 Å². The molecule has 0 radical (unpaired) electrons. The summed E-state index contributed by atoms with van der Waals surface area (Å²) in [5, 5.41) is -0.830. The predicted octanol–water partition coefficient (Wildman–Crippen LogP) is 0.708. The second-order valence-corrected chi connectivity index (χ2v) is 3.46. The highest BCUT2D eigenvalue weighted by Gasteiger charge is 2.48. The van der Waals surface area contributed by atoms with E-state index in [1.807, 2.05) is 0 Å². The third-order valence-electron chi connectivity index (χ3n) is 2.33. The molecule has 0 spiro atoms. The van der Waals surface area contributed by atoms with Gasteiger partial charge in [0.25, 0.3) is 0 Å². The van der Waals surface area contributed by atoms with E-state index in [-0.39, 0.29) is 12.0 Å². The van der Waals surface area contributed by atoms with Gasteiger partial charge in [0.15, 0.2) is 5.41 Å². The first-order chi connectivity index (χ1) is 6.56. The minimum atomic E-state index is -1.50. The number of carbonyl (C=O) groups is 3. The number of ether oxygens (including phenoxy) is 1. The average Bonchev–Trinajstić information content (AvgIpc) is 2.34. The van der Waals surface area contributed by atoms with Crippen LogP contribution in [0.2, 0.25) is 0 Å². The van der Waals surface area contributed by atoms with Crippen LogP contribution in [-0.4, -0.2) is 17.2 Å². The lowest BCUT2D eigenvalue weighted by Gasteiger charge is -2.20. The molecule has 0 saturated carbocycles. The maximum absolute atomic E-state index is 11.4. The van der Waals surface area contributed by atoms with Gasteiger partial charge in [0, 0.05) is 0 Å². The average molecular weight is 213 g/mol.